The van der Waals surface area contributed by atoms with Gasteiger partial charge in [0.15, 0.2) is 0 Å². The summed E-state index contributed by atoms with van der Waals surface area (Å²) in [7, 11) is 0. The van der Waals surface area contributed by atoms with E-state index in [4.69, 9.17) is 11.5 Å². The third-order valence-corrected chi connectivity index (χ3v) is 2.54. The van der Waals surface area contributed by atoms with E-state index in [1.165, 1.54) is 12.8 Å². The maximum atomic E-state index is 5.74. The highest BCUT2D eigenvalue weighted by atomic mass is 14.9. The van der Waals surface area contributed by atoms with Gasteiger partial charge in [-0.25, -0.2) is 0 Å². The largest absolute Gasteiger partial charge is 0.326 e. The Morgan fingerprint density at radius 2 is 1.80 bits per heavy atom. The summed E-state index contributed by atoms with van der Waals surface area (Å²) in [4.78, 5) is 0. The molecule has 0 aromatic carbocycles. The Kier molecular flexibility index (Phi) is 2.32. The Morgan fingerprint density at radius 1 is 1.20 bits per heavy atom. The van der Waals surface area contributed by atoms with Crippen LogP contribution in [0.5, 0.6) is 0 Å². The highest BCUT2D eigenvalue weighted by Crippen LogP contribution is 2.50. The zero-order chi connectivity index (χ0) is 7.72. The van der Waals surface area contributed by atoms with Gasteiger partial charge in [-0.15, -0.1) is 0 Å². The lowest BCUT2D eigenvalue weighted by Crippen LogP contribution is -2.39. The van der Waals surface area contributed by atoms with E-state index in [1.807, 2.05) is 13.8 Å². The molecule has 10 heavy (non-hydrogen) atoms. The molecule has 1 unspecified atom stereocenters. The summed E-state index contributed by atoms with van der Waals surface area (Å²) in [5.74, 6) is 1.73. The Hall–Kier alpha value is -0.0800. The molecule has 2 aliphatic carbocycles. The quantitative estimate of drug-likeness (QED) is 0.532. The second-order valence-corrected chi connectivity index (χ2v) is 3.14. The molecule has 0 heterocycles. The average Bonchev–Trinajstić information content (AvgIpc) is 2.65. The first-order chi connectivity index (χ1) is 4.79. The van der Waals surface area contributed by atoms with Crippen molar-refractivity contribution in [3.05, 3.63) is 0 Å². The molecule has 2 rings (SSSR count). The fourth-order valence-electron chi connectivity index (χ4n) is 1.84. The van der Waals surface area contributed by atoms with Crippen LogP contribution in [0.3, 0.4) is 0 Å². The van der Waals surface area contributed by atoms with Crippen LogP contribution in [0.25, 0.3) is 0 Å². The fraction of sp³-hybridized carbons (Fsp3) is 1.00. The smallest absolute Gasteiger partial charge is 0.0223 e. The van der Waals surface area contributed by atoms with Crippen molar-refractivity contribution in [1.29, 1.82) is 0 Å². The molecule has 0 spiro atoms. The van der Waals surface area contributed by atoms with E-state index in [0.29, 0.717) is 12.1 Å². The second kappa shape index (κ2) is 2.89. The lowest BCUT2D eigenvalue weighted by molar-refractivity contribution is 0.529. The van der Waals surface area contributed by atoms with E-state index in [-0.39, 0.29) is 1.43 Å². The van der Waals surface area contributed by atoms with Crippen molar-refractivity contribution in [2.24, 2.45) is 23.3 Å². The minimum atomic E-state index is 0. The van der Waals surface area contributed by atoms with Crippen LogP contribution < -0.4 is 11.5 Å². The van der Waals surface area contributed by atoms with E-state index in [9.17, 15) is 0 Å². The third kappa shape index (κ3) is 1.18. The molecule has 0 bridgehead atoms. The summed E-state index contributed by atoms with van der Waals surface area (Å²) < 4.78 is 0. The monoisotopic (exact) mass is 144 g/mol. The third-order valence-electron chi connectivity index (χ3n) is 2.54. The summed E-state index contributed by atoms with van der Waals surface area (Å²) in [5.41, 5.74) is 11.4. The van der Waals surface area contributed by atoms with Crippen molar-refractivity contribution < 1.29 is 1.43 Å². The Balaban J connectivity index is 0.000000311. The number of hydrogen-bond donors (Lipinski definition) is 2. The molecule has 62 valence electrons. The van der Waals surface area contributed by atoms with Crippen molar-refractivity contribution in [1.82, 2.24) is 0 Å². The standard InChI is InChI=1S/C6H12N2.C2H6.H2/c7-5-2-3-1-4(3)6(5)8;1-2;/h3-6H,1-2,7-8H2;1-2H3;1H/t3-,4?,5-,6+;;/m0../s1. The van der Waals surface area contributed by atoms with Crippen molar-refractivity contribution >= 4 is 0 Å². The van der Waals surface area contributed by atoms with Gasteiger partial charge in [-0.05, 0) is 24.7 Å². The van der Waals surface area contributed by atoms with E-state index < -0.39 is 0 Å². The molecule has 2 fully saturated rings. The Bertz CT molecular complexity index is 117. The van der Waals surface area contributed by atoms with Gasteiger partial charge < -0.3 is 11.5 Å². The normalized spacial score (nSPS) is 49.2. The first kappa shape index (κ1) is 8.02. The van der Waals surface area contributed by atoms with Gasteiger partial charge in [0.1, 0.15) is 0 Å². The fourth-order valence-corrected chi connectivity index (χ4v) is 1.84. The maximum absolute atomic E-state index is 5.74. The van der Waals surface area contributed by atoms with Crippen molar-refractivity contribution in [3.63, 3.8) is 0 Å². The summed E-state index contributed by atoms with van der Waals surface area (Å²) in [6, 6.07) is 0.652. The maximum Gasteiger partial charge on any atom is 0.0223 e. The van der Waals surface area contributed by atoms with E-state index >= 15 is 0 Å². The van der Waals surface area contributed by atoms with Gasteiger partial charge >= 0.3 is 0 Å². The first-order valence-corrected chi connectivity index (χ1v) is 4.30. The molecule has 0 radical (unpaired) electrons. The molecule has 2 nitrogen and oxygen atoms in total. The molecule has 0 amide bonds. The van der Waals surface area contributed by atoms with Gasteiger partial charge in [-0.1, -0.05) is 13.8 Å². The zero-order valence-corrected chi connectivity index (χ0v) is 6.88. The molecule has 2 heteroatoms. The van der Waals surface area contributed by atoms with Crippen LogP contribution in [0, 0.1) is 11.8 Å². The van der Waals surface area contributed by atoms with Gasteiger partial charge in [0.05, 0.1) is 0 Å². The molecule has 4 N–H and O–H groups in total. The van der Waals surface area contributed by atoms with Crippen molar-refractivity contribution in [2.45, 2.75) is 38.8 Å². The van der Waals surface area contributed by atoms with E-state index in [2.05, 4.69) is 0 Å². The number of hydrogen-bond acceptors (Lipinski definition) is 2. The van der Waals surface area contributed by atoms with Crippen LogP contribution in [-0.4, -0.2) is 12.1 Å². The van der Waals surface area contributed by atoms with Gasteiger partial charge in [0.2, 0.25) is 0 Å². The van der Waals surface area contributed by atoms with Gasteiger partial charge in [-0.2, -0.15) is 0 Å². The Labute approximate surface area is 64.5 Å². The summed E-state index contributed by atoms with van der Waals surface area (Å²) in [6.07, 6.45) is 2.54. The van der Waals surface area contributed by atoms with Crippen LogP contribution in [0.2, 0.25) is 0 Å². The summed E-state index contributed by atoms with van der Waals surface area (Å²) in [5, 5.41) is 0. The predicted molar refractivity (Wildman–Crippen MR) is 45.6 cm³/mol. The van der Waals surface area contributed by atoms with Crippen LogP contribution in [0.4, 0.5) is 0 Å². The van der Waals surface area contributed by atoms with E-state index in [1.54, 1.807) is 0 Å². The summed E-state index contributed by atoms with van der Waals surface area (Å²) in [6.45, 7) is 4.00. The van der Waals surface area contributed by atoms with Crippen LogP contribution >= 0.6 is 0 Å². The van der Waals surface area contributed by atoms with Crippen molar-refractivity contribution in [2.75, 3.05) is 0 Å². The van der Waals surface area contributed by atoms with Gasteiger partial charge in [0, 0.05) is 13.5 Å². The zero-order valence-electron chi connectivity index (χ0n) is 6.88. The number of fused-ring (bicyclic) bond motifs is 1. The highest BCUT2D eigenvalue weighted by Gasteiger charge is 2.50. The van der Waals surface area contributed by atoms with E-state index in [0.717, 1.165) is 11.8 Å². The number of rotatable bonds is 0. The topological polar surface area (TPSA) is 52.0 Å². The Morgan fingerprint density at radius 3 is 2.00 bits per heavy atom. The molecule has 0 aliphatic heterocycles. The minimum absolute atomic E-state index is 0. The average molecular weight is 144 g/mol. The molecule has 0 aromatic rings. The molecule has 2 saturated carbocycles. The first-order valence-electron chi connectivity index (χ1n) is 4.30. The molecule has 2 aliphatic rings. The molecule has 4 atom stereocenters. The van der Waals surface area contributed by atoms with Crippen LogP contribution in [0.15, 0.2) is 0 Å². The lowest BCUT2D eigenvalue weighted by atomic mass is 10.1. The molecular formula is C8H20N2. The number of nitrogens with two attached hydrogens (primary N) is 2. The van der Waals surface area contributed by atoms with Crippen LogP contribution in [-0.2, 0) is 0 Å². The predicted octanol–water partition coefficient (Wildman–Crippen LogP) is 0.953. The van der Waals surface area contributed by atoms with Gasteiger partial charge in [0.25, 0.3) is 0 Å². The molecule has 0 aromatic heterocycles. The van der Waals surface area contributed by atoms with Crippen molar-refractivity contribution in [3.8, 4) is 0 Å². The van der Waals surface area contributed by atoms with Crippen LogP contribution in [0.1, 0.15) is 28.1 Å². The highest BCUT2D eigenvalue weighted by molar-refractivity contribution is 5.06. The lowest BCUT2D eigenvalue weighted by Gasteiger charge is -2.11. The second-order valence-electron chi connectivity index (χ2n) is 3.14. The minimum Gasteiger partial charge on any atom is -0.326 e. The summed E-state index contributed by atoms with van der Waals surface area (Å²) >= 11 is 0. The SMILES string of the molecule is CC.N[C@@H]1C2C[C@H]2C[C@@H]1N.[HH]. The molecule has 0 saturated heterocycles. The van der Waals surface area contributed by atoms with Gasteiger partial charge in [-0.3, -0.25) is 0 Å². The molecular weight excluding hydrogens is 124 g/mol.